The number of halogens is 3. The van der Waals surface area contributed by atoms with Gasteiger partial charge in [-0.1, -0.05) is 29.3 Å². The fraction of sp³-hybridized carbons (Fsp3) is 0.391. The van der Waals surface area contributed by atoms with Gasteiger partial charge in [-0.2, -0.15) is 0 Å². The molecule has 9 heteroatoms. The summed E-state index contributed by atoms with van der Waals surface area (Å²) < 4.78 is 20.8. The van der Waals surface area contributed by atoms with Crippen LogP contribution in [0.1, 0.15) is 30.1 Å². The van der Waals surface area contributed by atoms with Crippen molar-refractivity contribution in [1.29, 1.82) is 0 Å². The summed E-state index contributed by atoms with van der Waals surface area (Å²) >= 11 is 11.9. The van der Waals surface area contributed by atoms with E-state index >= 15 is 4.39 Å². The summed E-state index contributed by atoms with van der Waals surface area (Å²) in [5.74, 6) is 0.303. The topological polar surface area (TPSA) is 70.7 Å². The van der Waals surface area contributed by atoms with Crippen molar-refractivity contribution in [3.63, 3.8) is 0 Å². The van der Waals surface area contributed by atoms with E-state index in [1.54, 1.807) is 41.3 Å². The minimum atomic E-state index is -1.38. The number of hydrogen-bond acceptors (Lipinski definition) is 4. The molecule has 1 saturated heterocycles. The molecule has 0 aliphatic carbocycles. The first-order valence-corrected chi connectivity index (χ1v) is 11.2. The van der Waals surface area contributed by atoms with E-state index in [0.717, 1.165) is 0 Å². The summed E-state index contributed by atoms with van der Waals surface area (Å²) in [4.78, 5) is 25.4. The molecule has 2 aromatic rings. The number of benzene rings is 2. The number of ether oxygens (including phenoxy) is 1. The van der Waals surface area contributed by atoms with Gasteiger partial charge in [0.2, 0.25) is 5.91 Å². The molecule has 3 rings (SSSR count). The van der Waals surface area contributed by atoms with Crippen LogP contribution in [0.15, 0.2) is 42.5 Å². The zero-order valence-electron chi connectivity index (χ0n) is 17.8. The van der Waals surface area contributed by atoms with Crippen LogP contribution in [0.25, 0.3) is 0 Å². The summed E-state index contributed by atoms with van der Waals surface area (Å²) in [7, 11) is 0. The van der Waals surface area contributed by atoms with Gasteiger partial charge in [-0.3, -0.25) is 9.59 Å². The monoisotopic (exact) mass is 481 g/mol. The third-order valence-corrected chi connectivity index (χ3v) is 6.00. The van der Waals surface area contributed by atoms with E-state index < -0.39 is 5.67 Å². The molecule has 172 valence electrons. The van der Waals surface area contributed by atoms with Crippen molar-refractivity contribution >= 4 is 40.7 Å². The Bertz CT molecular complexity index is 965. The SMILES string of the molecule is CC(=O)Nc1cccc(OCCNCC2(F)CCN(C(=O)c3ccc(Cl)c(Cl)c3)CC2)c1. The molecule has 1 heterocycles. The minimum Gasteiger partial charge on any atom is -0.492 e. The third kappa shape index (κ3) is 6.82. The molecule has 0 atom stereocenters. The molecule has 2 amide bonds. The Morgan fingerprint density at radius 2 is 1.88 bits per heavy atom. The Hall–Kier alpha value is -2.35. The van der Waals surface area contributed by atoms with Gasteiger partial charge in [0.25, 0.3) is 5.91 Å². The molecule has 2 aromatic carbocycles. The molecule has 32 heavy (non-hydrogen) atoms. The number of carbonyl (C=O) groups is 2. The Kier molecular flexibility index (Phi) is 8.34. The van der Waals surface area contributed by atoms with Gasteiger partial charge >= 0.3 is 0 Å². The zero-order valence-corrected chi connectivity index (χ0v) is 19.3. The molecule has 1 aliphatic heterocycles. The molecule has 1 fully saturated rings. The van der Waals surface area contributed by atoms with E-state index in [4.69, 9.17) is 27.9 Å². The quantitative estimate of drug-likeness (QED) is 0.542. The van der Waals surface area contributed by atoms with Crippen LogP contribution in [-0.4, -0.2) is 55.2 Å². The van der Waals surface area contributed by atoms with Gasteiger partial charge in [-0.25, -0.2) is 4.39 Å². The van der Waals surface area contributed by atoms with Gasteiger partial charge in [-0.05, 0) is 30.3 Å². The van der Waals surface area contributed by atoms with E-state index in [2.05, 4.69) is 10.6 Å². The number of rotatable bonds is 8. The molecule has 1 aliphatic rings. The normalized spacial score (nSPS) is 15.3. The smallest absolute Gasteiger partial charge is 0.253 e. The van der Waals surface area contributed by atoms with Crippen molar-refractivity contribution in [3.05, 3.63) is 58.1 Å². The molecule has 0 spiro atoms. The van der Waals surface area contributed by atoms with Gasteiger partial charge < -0.3 is 20.3 Å². The first-order chi connectivity index (χ1) is 15.3. The maximum atomic E-state index is 15.1. The van der Waals surface area contributed by atoms with Crippen molar-refractivity contribution in [2.75, 3.05) is 38.1 Å². The van der Waals surface area contributed by atoms with E-state index in [1.807, 2.05) is 0 Å². The highest BCUT2D eigenvalue weighted by molar-refractivity contribution is 6.42. The van der Waals surface area contributed by atoms with Crippen LogP contribution in [0.2, 0.25) is 10.0 Å². The summed E-state index contributed by atoms with van der Waals surface area (Å²) in [6.45, 7) is 3.14. The highest BCUT2D eigenvalue weighted by Crippen LogP contribution is 2.28. The van der Waals surface area contributed by atoms with Crippen molar-refractivity contribution < 1.29 is 18.7 Å². The molecule has 0 aromatic heterocycles. The Morgan fingerprint density at radius 3 is 2.56 bits per heavy atom. The van der Waals surface area contributed by atoms with Crippen LogP contribution in [0.5, 0.6) is 5.75 Å². The van der Waals surface area contributed by atoms with Gasteiger partial charge in [0.15, 0.2) is 0 Å². The fourth-order valence-electron chi connectivity index (χ4n) is 3.52. The van der Waals surface area contributed by atoms with Crippen LogP contribution in [-0.2, 0) is 4.79 Å². The summed E-state index contributed by atoms with van der Waals surface area (Å²) in [6, 6.07) is 11.8. The second kappa shape index (κ2) is 11.0. The maximum Gasteiger partial charge on any atom is 0.253 e. The van der Waals surface area contributed by atoms with Crippen LogP contribution in [0.4, 0.5) is 10.1 Å². The van der Waals surface area contributed by atoms with Gasteiger partial charge in [-0.15, -0.1) is 0 Å². The predicted octanol–water partition coefficient (Wildman–Crippen LogP) is 4.56. The van der Waals surface area contributed by atoms with Crippen molar-refractivity contribution in [2.45, 2.75) is 25.4 Å². The predicted molar refractivity (Wildman–Crippen MR) is 125 cm³/mol. The standard InChI is InChI=1S/C23H26Cl2FN3O3/c1-16(30)28-18-3-2-4-19(14-18)32-12-9-27-15-23(26)7-10-29(11-8-23)22(31)17-5-6-20(24)21(25)13-17/h2-6,13-14,27H,7-12,15H2,1H3,(H,28,30). The second-order valence-corrected chi connectivity index (χ2v) is 8.62. The number of nitrogens with zero attached hydrogens (tertiary/aromatic N) is 1. The summed E-state index contributed by atoms with van der Waals surface area (Å²) in [5.41, 5.74) is -0.267. The van der Waals surface area contributed by atoms with Crippen molar-refractivity contribution in [2.24, 2.45) is 0 Å². The molecule has 0 bridgehead atoms. The number of carbonyl (C=O) groups excluding carboxylic acids is 2. The number of hydrogen-bond donors (Lipinski definition) is 2. The Balaban J connectivity index is 1.39. The average molecular weight is 482 g/mol. The van der Waals surface area contributed by atoms with Gasteiger partial charge in [0.05, 0.1) is 10.0 Å². The van der Waals surface area contributed by atoms with E-state index in [9.17, 15) is 9.59 Å². The zero-order chi connectivity index (χ0) is 23.1. The Morgan fingerprint density at radius 1 is 1.12 bits per heavy atom. The first kappa shape index (κ1) is 24.3. The lowest BCUT2D eigenvalue weighted by atomic mass is 9.93. The molecule has 0 unspecified atom stereocenters. The number of alkyl halides is 1. The number of nitrogens with one attached hydrogen (secondary N) is 2. The second-order valence-electron chi connectivity index (χ2n) is 7.81. The highest BCUT2D eigenvalue weighted by Gasteiger charge is 2.35. The number of anilines is 1. The molecule has 2 N–H and O–H groups in total. The highest BCUT2D eigenvalue weighted by atomic mass is 35.5. The third-order valence-electron chi connectivity index (χ3n) is 5.26. The minimum absolute atomic E-state index is 0.151. The summed E-state index contributed by atoms with van der Waals surface area (Å²) in [6.07, 6.45) is 0.513. The molecule has 0 saturated carbocycles. The van der Waals surface area contributed by atoms with E-state index in [-0.39, 0.29) is 31.2 Å². The lowest BCUT2D eigenvalue weighted by molar-refractivity contribution is -0.114. The van der Waals surface area contributed by atoms with E-state index in [1.165, 1.54) is 13.0 Å². The van der Waals surface area contributed by atoms with Crippen LogP contribution >= 0.6 is 23.2 Å². The van der Waals surface area contributed by atoms with Crippen LogP contribution < -0.4 is 15.4 Å². The lowest BCUT2D eigenvalue weighted by Gasteiger charge is -2.36. The largest absolute Gasteiger partial charge is 0.492 e. The Labute approximate surface area is 197 Å². The molecular formula is C23H26Cl2FN3O3. The molecule has 0 radical (unpaired) electrons. The van der Waals surface area contributed by atoms with Crippen LogP contribution in [0.3, 0.4) is 0 Å². The van der Waals surface area contributed by atoms with Gasteiger partial charge in [0.1, 0.15) is 18.0 Å². The molecular weight excluding hydrogens is 456 g/mol. The number of likely N-dealkylation sites (tertiary alicyclic amines) is 1. The first-order valence-electron chi connectivity index (χ1n) is 10.4. The van der Waals surface area contributed by atoms with Crippen molar-refractivity contribution in [3.8, 4) is 5.75 Å². The maximum absolute atomic E-state index is 15.1. The molecule has 6 nitrogen and oxygen atoms in total. The van der Waals surface area contributed by atoms with Gasteiger partial charge in [0, 0.05) is 63.3 Å². The summed E-state index contributed by atoms with van der Waals surface area (Å²) in [5, 5.41) is 6.50. The average Bonchev–Trinajstić information content (AvgIpc) is 2.75. The lowest BCUT2D eigenvalue weighted by Crippen LogP contribution is -2.49. The fourth-order valence-corrected chi connectivity index (χ4v) is 3.82. The van der Waals surface area contributed by atoms with Crippen molar-refractivity contribution in [1.82, 2.24) is 10.2 Å². The number of amides is 2. The van der Waals surface area contributed by atoms with E-state index in [0.29, 0.717) is 53.3 Å². The van der Waals surface area contributed by atoms with Crippen LogP contribution in [0, 0.1) is 0 Å². The number of piperidine rings is 1.